The number of rotatable bonds is 2. The molecule has 0 aromatic heterocycles. The monoisotopic (exact) mass is 264 g/mol. The van der Waals surface area contributed by atoms with E-state index in [0.717, 1.165) is 13.2 Å². The zero-order valence-corrected chi connectivity index (χ0v) is 12.0. The first-order valence-corrected chi connectivity index (χ1v) is 7.35. The Balaban J connectivity index is 1.86. The summed E-state index contributed by atoms with van der Waals surface area (Å²) in [7, 11) is 0. The van der Waals surface area contributed by atoms with Gasteiger partial charge in [-0.2, -0.15) is 0 Å². The van der Waals surface area contributed by atoms with Gasteiger partial charge in [0.05, 0.1) is 18.6 Å². The maximum Gasteiger partial charge on any atom is 0.0725 e. The lowest BCUT2D eigenvalue weighted by Gasteiger charge is -2.31. The molecule has 1 aliphatic carbocycles. The second-order valence-electron chi connectivity index (χ2n) is 6.41. The second kappa shape index (κ2) is 4.54. The van der Waals surface area contributed by atoms with Gasteiger partial charge in [0.2, 0.25) is 0 Å². The zero-order valence-electron chi connectivity index (χ0n) is 11.2. The highest BCUT2D eigenvalue weighted by molar-refractivity contribution is 6.21. The number of hydrogen-bond donors (Lipinski definition) is 0. The van der Waals surface area contributed by atoms with Crippen LogP contribution in [0.3, 0.4) is 0 Å². The predicted molar refractivity (Wildman–Crippen MR) is 74.7 cm³/mol. The van der Waals surface area contributed by atoms with Crippen LogP contribution in [0.25, 0.3) is 0 Å². The predicted octanol–water partition coefficient (Wildman–Crippen LogP) is 4.82. The minimum atomic E-state index is 0.147. The van der Waals surface area contributed by atoms with Crippen LogP contribution in [0.1, 0.15) is 55.2 Å². The fraction of sp³-hybridized carbons (Fsp3) is 0.625. The average Bonchev–Trinajstić information content (AvgIpc) is 2.92. The number of halogens is 1. The first-order chi connectivity index (χ1) is 8.58. The molecular formula is C16H21ClO. The largest absolute Gasteiger partial charge is 0.372 e. The van der Waals surface area contributed by atoms with Crippen LogP contribution >= 0.6 is 11.6 Å². The first-order valence-electron chi connectivity index (χ1n) is 6.91. The van der Waals surface area contributed by atoms with Gasteiger partial charge in [-0.05, 0) is 40.9 Å². The van der Waals surface area contributed by atoms with E-state index in [1.54, 1.807) is 0 Å². The second-order valence-corrected chi connectivity index (χ2v) is 6.88. The topological polar surface area (TPSA) is 9.23 Å². The summed E-state index contributed by atoms with van der Waals surface area (Å²) in [6, 6.07) is 6.64. The lowest BCUT2D eigenvalue weighted by atomic mass is 9.78. The molecule has 18 heavy (non-hydrogen) atoms. The lowest BCUT2D eigenvalue weighted by molar-refractivity contribution is 0.134. The van der Waals surface area contributed by atoms with Gasteiger partial charge >= 0.3 is 0 Å². The molecule has 2 aliphatic rings. The molecule has 0 N–H and O–H groups in total. The van der Waals surface area contributed by atoms with Crippen LogP contribution in [0.5, 0.6) is 0 Å². The van der Waals surface area contributed by atoms with E-state index in [2.05, 4.69) is 32.0 Å². The zero-order chi connectivity index (χ0) is 12.8. The molecule has 0 spiro atoms. The van der Waals surface area contributed by atoms with Crippen LogP contribution in [0.15, 0.2) is 18.2 Å². The molecule has 0 amide bonds. The van der Waals surface area contributed by atoms with Crippen molar-refractivity contribution in [2.24, 2.45) is 11.3 Å². The van der Waals surface area contributed by atoms with Crippen LogP contribution in [-0.2, 0) is 18.0 Å². The van der Waals surface area contributed by atoms with Crippen molar-refractivity contribution < 1.29 is 4.74 Å². The van der Waals surface area contributed by atoms with Crippen molar-refractivity contribution in [3.05, 3.63) is 34.9 Å². The van der Waals surface area contributed by atoms with Gasteiger partial charge in [0, 0.05) is 0 Å². The summed E-state index contributed by atoms with van der Waals surface area (Å²) in [5.41, 5.74) is 4.31. The SMILES string of the molecule is CC1(C)CCCC1C(Cl)c1ccc2c(c1)COC2. The smallest absolute Gasteiger partial charge is 0.0725 e. The number of benzene rings is 1. The average molecular weight is 265 g/mol. The highest BCUT2D eigenvalue weighted by Crippen LogP contribution is 2.51. The Kier molecular flexibility index (Phi) is 3.15. The molecule has 98 valence electrons. The van der Waals surface area contributed by atoms with Crippen LogP contribution < -0.4 is 0 Å². The quantitative estimate of drug-likeness (QED) is 0.696. The van der Waals surface area contributed by atoms with Crippen LogP contribution in [0.2, 0.25) is 0 Å². The van der Waals surface area contributed by atoms with E-state index in [1.165, 1.54) is 36.0 Å². The Hall–Kier alpha value is -0.530. The molecule has 2 unspecified atom stereocenters. The molecule has 1 saturated carbocycles. The van der Waals surface area contributed by atoms with E-state index in [-0.39, 0.29) is 5.38 Å². The third kappa shape index (κ3) is 2.08. The van der Waals surface area contributed by atoms with Gasteiger partial charge in [-0.25, -0.2) is 0 Å². The number of hydrogen-bond acceptors (Lipinski definition) is 1. The summed E-state index contributed by atoms with van der Waals surface area (Å²) in [4.78, 5) is 0. The van der Waals surface area contributed by atoms with Gasteiger partial charge < -0.3 is 4.74 Å². The first kappa shape index (κ1) is 12.5. The summed E-state index contributed by atoms with van der Waals surface area (Å²) in [6.45, 7) is 6.23. The van der Waals surface area contributed by atoms with Crippen molar-refractivity contribution in [1.29, 1.82) is 0 Å². The van der Waals surface area contributed by atoms with Gasteiger partial charge in [0.1, 0.15) is 0 Å². The lowest BCUT2D eigenvalue weighted by Crippen LogP contribution is -2.21. The van der Waals surface area contributed by atoms with Gasteiger partial charge in [0.15, 0.2) is 0 Å². The van der Waals surface area contributed by atoms with E-state index in [9.17, 15) is 0 Å². The van der Waals surface area contributed by atoms with Crippen molar-refractivity contribution >= 4 is 11.6 Å². The summed E-state index contributed by atoms with van der Waals surface area (Å²) in [6.07, 6.45) is 3.87. The maximum atomic E-state index is 6.76. The van der Waals surface area contributed by atoms with E-state index >= 15 is 0 Å². The highest BCUT2D eigenvalue weighted by Gasteiger charge is 2.39. The summed E-state index contributed by atoms with van der Waals surface area (Å²) in [5, 5.41) is 0.147. The molecule has 0 radical (unpaired) electrons. The maximum absolute atomic E-state index is 6.76. The Morgan fingerprint density at radius 1 is 1.28 bits per heavy atom. The molecule has 0 saturated heterocycles. The van der Waals surface area contributed by atoms with Crippen LogP contribution in [-0.4, -0.2) is 0 Å². The fourth-order valence-electron chi connectivity index (χ4n) is 3.49. The molecule has 2 heteroatoms. The molecule has 0 bridgehead atoms. The summed E-state index contributed by atoms with van der Waals surface area (Å²) >= 11 is 6.76. The Bertz CT molecular complexity index is 452. The molecule has 1 aromatic carbocycles. The van der Waals surface area contributed by atoms with Crippen molar-refractivity contribution in [2.45, 2.75) is 51.7 Å². The standard InChI is InChI=1S/C16H21ClO/c1-16(2)7-3-4-14(16)15(17)11-5-6-12-9-18-10-13(12)8-11/h5-6,8,14-15H,3-4,7,9-10H2,1-2H3. The summed E-state index contributed by atoms with van der Waals surface area (Å²) < 4.78 is 5.47. The van der Waals surface area contributed by atoms with Crippen molar-refractivity contribution in [3.63, 3.8) is 0 Å². The fourth-order valence-corrected chi connectivity index (χ4v) is 4.09. The molecule has 2 atom stereocenters. The van der Waals surface area contributed by atoms with E-state index in [1.807, 2.05) is 0 Å². The third-order valence-electron chi connectivity index (χ3n) is 4.76. The molecule has 1 heterocycles. The number of ether oxygens (including phenoxy) is 1. The minimum absolute atomic E-state index is 0.147. The van der Waals surface area contributed by atoms with Crippen LogP contribution in [0, 0.1) is 11.3 Å². The molecule has 1 fully saturated rings. The van der Waals surface area contributed by atoms with Gasteiger partial charge in [0.25, 0.3) is 0 Å². The molecular weight excluding hydrogens is 244 g/mol. The minimum Gasteiger partial charge on any atom is -0.372 e. The number of alkyl halides is 1. The van der Waals surface area contributed by atoms with Gasteiger partial charge in [-0.1, -0.05) is 38.5 Å². The van der Waals surface area contributed by atoms with E-state index in [0.29, 0.717) is 11.3 Å². The van der Waals surface area contributed by atoms with E-state index in [4.69, 9.17) is 16.3 Å². The van der Waals surface area contributed by atoms with Gasteiger partial charge in [-0.15, -0.1) is 11.6 Å². The molecule has 3 rings (SSSR count). The number of fused-ring (bicyclic) bond motifs is 1. The normalized spacial score (nSPS) is 27.2. The molecule has 1 aromatic rings. The molecule has 1 aliphatic heterocycles. The highest BCUT2D eigenvalue weighted by atomic mass is 35.5. The Morgan fingerprint density at radius 2 is 2.06 bits per heavy atom. The van der Waals surface area contributed by atoms with Gasteiger partial charge in [-0.3, -0.25) is 0 Å². The molecule has 1 nitrogen and oxygen atoms in total. The third-order valence-corrected chi connectivity index (χ3v) is 5.31. The van der Waals surface area contributed by atoms with Crippen LogP contribution in [0.4, 0.5) is 0 Å². The Morgan fingerprint density at radius 3 is 2.78 bits per heavy atom. The van der Waals surface area contributed by atoms with Crippen molar-refractivity contribution in [3.8, 4) is 0 Å². The van der Waals surface area contributed by atoms with Crippen molar-refractivity contribution in [2.75, 3.05) is 0 Å². The Labute approximate surface area is 114 Å². The van der Waals surface area contributed by atoms with E-state index < -0.39 is 0 Å². The van der Waals surface area contributed by atoms with Crippen molar-refractivity contribution in [1.82, 2.24) is 0 Å². The summed E-state index contributed by atoms with van der Waals surface area (Å²) in [5.74, 6) is 0.597.